The van der Waals surface area contributed by atoms with Crippen LogP contribution < -0.4 is 21.1 Å². The number of nitrogens with zero attached hydrogens (tertiary/aromatic N) is 1. The number of carbonyl (C=O) groups is 5. The van der Waals surface area contributed by atoms with Gasteiger partial charge in [0.25, 0.3) is 0 Å². The fourth-order valence-electron chi connectivity index (χ4n) is 5.64. The summed E-state index contributed by atoms with van der Waals surface area (Å²) in [5.74, 6) is -1.79. The third kappa shape index (κ3) is 6.99. The van der Waals surface area contributed by atoms with Gasteiger partial charge in [-0.1, -0.05) is 37.8 Å². The molecule has 4 amide bonds. The highest BCUT2D eigenvalue weighted by Crippen LogP contribution is 2.33. The van der Waals surface area contributed by atoms with Gasteiger partial charge in [-0.05, 0) is 43.9 Å². The monoisotopic (exact) mass is 556 g/mol. The van der Waals surface area contributed by atoms with Gasteiger partial charge in [0.1, 0.15) is 23.4 Å². The smallest absolute Gasteiger partial charge is 0.243 e. The Labute approximate surface area is 234 Å². The molecule has 0 bridgehead atoms. The maximum atomic E-state index is 13.7. The van der Waals surface area contributed by atoms with Gasteiger partial charge < -0.3 is 30.7 Å². The normalized spacial score (nSPS) is 24.7. The molecule has 5 atom stereocenters. The number of hydrogen-bond donors (Lipinski definition) is 3. The molecule has 3 aliphatic rings. The van der Waals surface area contributed by atoms with E-state index in [0.717, 1.165) is 31.2 Å². The van der Waals surface area contributed by atoms with E-state index in [0.29, 0.717) is 24.7 Å². The van der Waals surface area contributed by atoms with Crippen molar-refractivity contribution in [1.29, 1.82) is 0 Å². The van der Waals surface area contributed by atoms with Gasteiger partial charge >= 0.3 is 0 Å². The summed E-state index contributed by atoms with van der Waals surface area (Å²) in [6.45, 7) is 3.65. The van der Waals surface area contributed by atoms with Crippen LogP contribution in [-0.4, -0.2) is 78.3 Å². The number of primary amides is 1. The molecule has 3 fully saturated rings. The second-order valence-corrected chi connectivity index (χ2v) is 11.5. The SMILES string of the molecule is COc1ccc(C[C@H](NC(=O)[C@@H](C)N2CC(C(N)=O)CC2=O)C(=O)N[C@@H](CC2CCCC2)C(=O)[C@@]2(C)CO2)cc1. The van der Waals surface area contributed by atoms with Gasteiger partial charge in [-0.25, -0.2) is 0 Å². The number of carbonyl (C=O) groups excluding carboxylic acids is 5. The summed E-state index contributed by atoms with van der Waals surface area (Å²) >= 11 is 0. The van der Waals surface area contributed by atoms with Crippen LogP contribution in [0, 0.1) is 11.8 Å². The number of epoxide rings is 1. The van der Waals surface area contributed by atoms with Crippen LogP contribution in [0.1, 0.15) is 57.9 Å². The van der Waals surface area contributed by atoms with Gasteiger partial charge in [0, 0.05) is 19.4 Å². The van der Waals surface area contributed by atoms with E-state index < -0.39 is 47.4 Å². The largest absolute Gasteiger partial charge is 0.497 e. The van der Waals surface area contributed by atoms with Gasteiger partial charge in [0.15, 0.2) is 5.78 Å². The van der Waals surface area contributed by atoms with Crippen molar-refractivity contribution in [2.45, 2.75) is 82.5 Å². The number of Topliss-reactive ketones (excluding diaryl/α,β-unsaturated/α-hetero) is 1. The van der Waals surface area contributed by atoms with Crippen molar-refractivity contribution in [1.82, 2.24) is 15.5 Å². The number of benzene rings is 1. The second kappa shape index (κ2) is 12.4. The molecule has 4 rings (SSSR count). The summed E-state index contributed by atoms with van der Waals surface area (Å²) in [5.41, 5.74) is 5.25. The minimum Gasteiger partial charge on any atom is -0.497 e. The van der Waals surface area contributed by atoms with Crippen LogP contribution in [-0.2, 0) is 35.1 Å². The average molecular weight is 557 g/mol. The van der Waals surface area contributed by atoms with Gasteiger partial charge in [0.05, 0.1) is 25.7 Å². The highest BCUT2D eigenvalue weighted by atomic mass is 16.6. The molecule has 11 heteroatoms. The summed E-state index contributed by atoms with van der Waals surface area (Å²) in [6, 6.07) is 4.47. The lowest BCUT2D eigenvalue weighted by atomic mass is 9.90. The van der Waals surface area contributed by atoms with Crippen molar-refractivity contribution in [3.8, 4) is 5.75 Å². The van der Waals surface area contributed by atoms with Crippen LogP contribution in [0.3, 0.4) is 0 Å². The predicted octanol–water partition coefficient (Wildman–Crippen LogP) is 0.868. The van der Waals surface area contributed by atoms with Gasteiger partial charge in [-0.15, -0.1) is 0 Å². The van der Waals surface area contributed by atoms with Gasteiger partial charge in [0.2, 0.25) is 23.6 Å². The Bertz CT molecular complexity index is 1130. The Kier molecular flexibility index (Phi) is 9.12. The fraction of sp³-hybridized carbons (Fsp3) is 0.621. The lowest BCUT2D eigenvalue weighted by molar-refractivity contribution is -0.138. The molecule has 2 saturated heterocycles. The quantitative estimate of drug-likeness (QED) is 0.304. The first kappa shape index (κ1) is 29.5. The molecule has 4 N–H and O–H groups in total. The Morgan fingerprint density at radius 1 is 1.10 bits per heavy atom. The minimum absolute atomic E-state index is 0.0471. The zero-order chi connectivity index (χ0) is 29.0. The Morgan fingerprint density at radius 3 is 2.27 bits per heavy atom. The molecule has 0 aromatic heterocycles. The first-order valence-corrected chi connectivity index (χ1v) is 14.0. The van der Waals surface area contributed by atoms with Crippen molar-refractivity contribution >= 4 is 29.4 Å². The highest BCUT2D eigenvalue weighted by molar-refractivity contribution is 5.98. The molecule has 1 aliphatic carbocycles. The summed E-state index contributed by atoms with van der Waals surface area (Å²) < 4.78 is 10.6. The van der Waals surface area contributed by atoms with E-state index in [1.54, 1.807) is 45.2 Å². The second-order valence-electron chi connectivity index (χ2n) is 11.5. The molecule has 11 nitrogen and oxygen atoms in total. The molecule has 0 spiro atoms. The zero-order valence-electron chi connectivity index (χ0n) is 23.4. The molecular formula is C29H40N4O7. The summed E-state index contributed by atoms with van der Waals surface area (Å²) in [4.78, 5) is 65.7. The van der Waals surface area contributed by atoms with Crippen molar-refractivity contribution in [3.63, 3.8) is 0 Å². The third-order valence-electron chi connectivity index (χ3n) is 8.41. The Balaban J connectivity index is 1.51. The first-order chi connectivity index (χ1) is 19.0. The lowest BCUT2D eigenvalue weighted by Crippen LogP contribution is -2.57. The maximum absolute atomic E-state index is 13.7. The molecular weight excluding hydrogens is 516 g/mol. The standard InChI is InChI=1S/C29H40N4O7/c1-17(33-15-20(26(30)36)14-24(33)34)27(37)32-23(13-19-8-10-21(39-3)11-9-19)28(38)31-22(12-18-6-4-5-7-18)25(35)29(2)16-40-29/h8-11,17-18,20,22-23H,4-7,12-16H2,1-3H3,(H2,30,36)(H,31,38)(H,32,37)/t17-,20?,22+,23+,29-/m1/s1. The molecule has 1 unspecified atom stereocenters. The minimum atomic E-state index is -1.01. The third-order valence-corrected chi connectivity index (χ3v) is 8.41. The number of likely N-dealkylation sites (tertiary alicyclic amines) is 1. The average Bonchev–Trinajstić information content (AvgIpc) is 3.29. The molecule has 1 aromatic rings. The number of methoxy groups -OCH3 is 1. The topological polar surface area (TPSA) is 160 Å². The van der Waals surface area contributed by atoms with Crippen LogP contribution in [0.5, 0.6) is 5.75 Å². The zero-order valence-corrected chi connectivity index (χ0v) is 23.4. The van der Waals surface area contributed by atoms with Gasteiger partial charge in [-0.2, -0.15) is 0 Å². The van der Waals surface area contributed by atoms with Crippen molar-refractivity contribution in [3.05, 3.63) is 29.8 Å². The van der Waals surface area contributed by atoms with Crippen molar-refractivity contribution in [2.24, 2.45) is 17.6 Å². The van der Waals surface area contributed by atoms with Gasteiger partial charge in [-0.3, -0.25) is 24.0 Å². The number of hydrogen-bond acceptors (Lipinski definition) is 7. The molecule has 40 heavy (non-hydrogen) atoms. The first-order valence-electron chi connectivity index (χ1n) is 14.0. The van der Waals surface area contributed by atoms with E-state index in [1.807, 2.05) is 0 Å². The van der Waals surface area contributed by atoms with E-state index in [1.165, 1.54) is 4.90 Å². The van der Waals surface area contributed by atoms with E-state index in [2.05, 4.69) is 10.6 Å². The van der Waals surface area contributed by atoms with Crippen LogP contribution >= 0.6 is 0 Å². The molecule has 2 heterocycles. The summed E-state index contributed by atoms with van der Waals surface area (Å²) in [7, 11) is 1.56. The van der Waals surface area contributed by atoms with E-state index in [4.69, 9.17) is 15.2 Å². The van der Waals surface area contributed by atoms with Crippen molar-refractivity contribution in [2.75, 3.05) is 20.3 Å². The Hall–Kier alpha value is -3.47. The number of nitrogens with one attached hydrogen (secondary N) is 2. The summed E-state index contributed by atoms with van der Waals surface area (Å²) in [6.07, 6.45) is 4.87. The van der Waals surface area contributed by atoms with Crippen LogP contribution in [0.25, 0.3) is 0 Å². The lowest BCUT2D eigenvalue weighted by Gasteiger charge is -2.28. The molecule has 0 radical (unpaired) electrons. The molecule has 2 aliphatic heterocycles. The van der Waals surface area contributed by atoms with Crippen LogP contribution in [0.15, 0.2) is 24.3 Å². The predicted molar refractivity (Wildman–Crippen MR) is 145 cm³/mol. The maximum Gasteiger partial charge on any atom is 0.243 e. The van der Waals surface area contributed by atoms with E-state index in [-0.39, 0.29) is 31.1 Å². The van der Waals surface area contributed by atoms with E-state index in [9.17, 15) is 24.0 Å². The van der Waals surface area contributed by atoms with E-state index >= 15 is 0 Å². The number of amides is 4. The molecule has 1 aromatic carbocycles. The number of nitrogens with two attached hydrogens (primary N) is 1. The fourth-order valence-corrected chi connectivity index (χ4v) is 5.64. The van der Waals surface area contributed by atoms with Crippen LogP contribution in [0.2, 0.25) is 0 Å². The molecule has 1 saturated carbocycles. The van der Waals surface area contributed by atoms with Crippen LogP contribution in [0.4, 0.5) is 0 Å². The highest BCUT2D eigenvalue weighted by Gasteiger charge is 2.50. The summed E-state index contributed by atoms with van der Waals surface area (Å²) in [5, 5.41) is 5.72. The van der Waals surface area contributed by atoms with Crippen molar-refractivity contribution < 1.29 is 33.4 Å². The number of ketones is 1. The Morgan fingerprint density at radius 2 is 1.73 bits per heavy atom. The molecule has 218 valence electrons. The number of ether oxygens (including phenoxy) is 2. The number of rotatable bonds is 13.